The first-order chi connectivity index (χ1) is 10.3. The zero-order valence-electron chi connectivity index (χ0n) is 11.2. The van der Waals surface area contributed by atoms with Crippen molar-refractivity contribution in [1.29, 1.82) is 0 Å². The lowest BCUT2D eigenvalue weighted by molar-refractivity contribution is -0.141. The Hall–Kier alpha value is -2.64. The van der Waals surface area contributed by atoms with Crippen LogP contribution >= 0.6 is 0 Å². The van der Waals surface area contributed by atoms with Crippen LogP contribution in [0.5, 0.6) is 5.75 Å². The SMILES string of the molecule is COc1ccc(C=Cc2cc(C(F)(F)F)[nH]c(=O)n2)c(F)c1. The van der Waals surface area contributed by atoms with Crippen molar-refractivity contribution in [2.24, 2.45) is 0 Å². The second kappa shape index (κ2) is 6.00. The molecule has 8 heteroatoms. The third-order valence-electron chi connectivity index (χ3n) is 2.71. The average molecular weight is 314 g/mol. The van der Waals surface area contributed by atoms with Crippen LogP contribution in [-0.4, -0.2) is 17.1 Å². The normalized spacial score (nSPS) is 11.9. The fraction of sp³-hybridized carbons (Fsp3) is 0.143. The third-order valence-corrected chi connectivity index (χ3v) is 2.71. The van der Waals surface area contributed by atoms with Gasteiger partial charge in [0.15, 0.2) is 0 Å². The van der Waals surface area contributed by atoms with Gasteiger partial charge in [-0.3, -0.25) is 0 Å². The average Bonchev–Trinajstić information content (AvgIpc) is 2.44. The van der Waals surface area contributed by atoms with E-state index in [9.17, 15) is 22.4 Å². The molecule has 0 saturated heterocycles. The van der Waals surface area contributed by atoms with Crippen molar-refractivity contribution in [3.8, 4) is 5.75 Å². The molecule has 2 aromatic rings. The first kappa shape index (κ1) is 15.7. The quantitative estimate of drug-likeness (QED) is 0.886. The van der Waals surface area contributed by atoms with E-state index >= 15 is 0 Å². The van der Waals surface area contributed by atoms with Crippen LogP contribution in [0.1, 0.15) is 17.0 Å². The predicted molar refractivity (Wildman–Crippen MR) is 71.7 cm³/mol. The fourth-order valence-corrected chi connectivity index (χ4v) is 1.66. The molecule has 0 spiro atoms. The molecule has 0 atom stereocenters. The second-order valence-electron chi connectivity index (χ2n) is 4.24. The van der Waals surface area contributed by atoms with Crippen LogP contribution < -0.4 is 10.4 Å². The van der Waals surface area contributed by atoms with E-state index in [2.05, 4.69) is 4.98 Å². The number of aromatic amines is 1. The van der Waals surface area contributed by atoms with Crippen molar-refractivity contribution in [3.05, 3.63) is 57.5 Å². The van der Waals surface area contributed by atoms with Gasteiger partial charge in [0.2, 0.25) is 0 Å². The Balaban J connectivity index is 2.34. The smallest absolute Gasteiger partial charge is 0.431 e. The van der Waals surface area contributed by atoms with Gasteiger partial charge in [-0.1, -0.05) is 0 Å². The maximum atomic E-state index is 13.7. The van der Waals surface area contributed by atoms with Crippen molar-refractivity contribution in [1.82, 2.24) is 9.97 Å². The molecule has 1 aromatic heterocycles. The molecule has 22 heavy (non-hydrogen) atoms. The first-order valence-corrected chi connectivity index (χ1v) is 6.00. The molecule has 0 fully saturated rings. The Kier molecular flexibility index (Phi) is 4.30. The largest absolute Gasteiger partial charge is 0.497 e. The summed E-state index contributed by atoms with van der Waals surface area (Å²) < 4.78 is 56.2. The lowest BCUT2D eigenvalue weighted by Crippen LogP contribution is -2.19. The van der Waals surface area contributed by atoms with Crippen LogP contribution in [-0.2, 0) is 6.18 Å². The molecule has 1 N–H and O–H groups in total. The summed E-state index contributed by atoms with van der Waals surface area (Å²) in [5, 5.41) is 0. The number of H-pyrrole nitrogens is 1. The maximum absolute atomic E-state index is 13.7. The van der Waals surface area contributed by atoms with Crippen LogP contribution in [0.2, 0.25) is 0 Å². The van der Waals surface area contributed by atoms with E-state index < -0.39 is 23.4 Å². The van der Waals surface area contributed by atoms with E-state index in [-0.39, 0.29) is 11.3 Å². The standard InChI is InChI=1S/C14H10F4N2O2/c1-22-10-5-3-8(11(15)7-10)2-4-9-6-12(14(16,17)18)20-13(21)19-9/h2-7H,1H3,(H,19,20,21). The van der Waals surface area contributed by atoms with Crippen molar-refractivity contribution in [2.75, 3.05) is 7.11 Å². The summed E-state index contributed by atoms with van der Waals surface area (Å²) in [6.45, 7) is 0. The van der Waals surface area contributed by atoms with Gasteiger partial charge in [-0.15, -0.1) is 0 Å². The van der Waals surface area contributed by atoms with Crippen molar-refractivity contribution < 1.29 is 22.3 Å². The number of hydrogen-bond donors (Lipinski definition) is 1. The second-order valence-corrected chi connectivity index (χ2v) is 4.24. The Morgan fingerprint density at radius 1 is 1.23 bits per heavy atom. The van der Waals surface area contributed by atoms with Crippen LogP contribution in [0.4, 0.5) is 17.6 Å². The van der Waals surface area contributed by atoms with Crippen molar-refractivity contribution in [3.63, 3.8) is 0 Å². The topological polar surface area (TPSA) is 55.0 Å². The molecule has 0 radical (unpaired) electrons. The Bertz CT molecular complexity index is 766. The van der Waals surface area contributed by atoms with Gasteiger partial charge >= 0.3 is 11.9 Å². The summed E-state index contributed by atoms with van der Waals surface area (Å²) in [4.78, 5) is 16.1. The number of nitrogens with zero attached hydrogens (tertiary/aromatic N) is 1. The predicted octanol–water partition coefficient (Wildman–Crippen LogP) is 3.11. The lowest BCUT2D eigenvalue weighted by atomic mass is 10.1. The number of nitrogens with one attached hydrogen (secondary N) is 1. The molecule has 0 amide bonds. The Labute approximate surface area is 122 Å². The highest BCUT2D eigenvalue weighted by atomic mass is 19.4. The zero-order valence-corrected chi connectivity index (χ0v) is 11.2. The van der Waals surface area contributed by atoms with E-state index in [0.717, 1.165) is 12.1 Å². The minimum atomic E-state index is -4.70. The third kappa shape index (κ3) is 3.72. The number of rotatable bonds is 3. The molecule has 1 heterocycles. The summed E-state index contributed by atoms with van der Waals surface area (Å²) in [5.41, 5.74) is -2.46. The number of benzene rings is 1. The van der Waals surface area contributed by atoms with E-state index in [0.29, 0.717) is 11.8 Å². The number of alkyl halides is 3. The maximum Gasteiger partial charge on any atom is 0.431 e. The summed E-state index contributed by atoms with van der Waals surface area (Å²) >= 11 is 0. The Morgan fingerprint density at radius 3 is 2.55 bits per heavy atom. The molecular weight excluding hydrogens is 304 g/mol. The molecule has 0 saturated carbocycles. The molecule has 2 rings (SSSR count). The summed E-state index contributed by atoms with van der Waals surface area (Å²) in [6, 6.07) is 4.68. The molecule has 0 aliphatic heterocycles. The zero-order chi connectivity index (χ0) is 16.3. The molecule has 0 bridgehead atoms. The lowest BCUT2D eigenvalue weighted by Gasteiger charge is -2.06. The molecule has 0 aliphatic rings. The summed E-state index contributed by atoms with van der Waals surface area (Å²) in [7, 11) is 1.38. The van der Waals surface area contributed by atoms with Crippen LogP contribution in [0, 0.1) is 5.82 Å². The van der Waals surface area contributed by atoms with Crippen LogP contribution in [0.15, 0.2) is 29.1 Å². The molecule has 1 aromatic carbocycles. The van der Waals surface area contributed by atoms with Gasteiger partial charge in [0.25, 0.3) is 0 Å². The summed E-state index contributed by atoms with van der Waals surface area (Å²) in [5.74, 6) is -0.306. The monoisotopic (exact) mass is 314 g/mol. The number of hydrogen-bond acceptors (Lipinski definition) is 3. The highest BCUT2D eigenvalue weighted by Gasteiger charge is 2.32. The minimum Gasteiger partial charge on any atom is -0.497 e. The molecular formula is C14H10F4N2O2. The van der Waals surface area contributed by atoms with Crippen molar-refractivity contribution >= 4 is 12.2 Å². The van der Waals surface area contributed by atoms with Gasteiger partial charge in [0.1, 0.15) is 17.3 Å². The number of aromatic nitrogens is 2. The first-order valence-electron chi connectivity index (χ1n) is 6.00. The summed E-state index contributed by atoms with van der Waals surface area (Å²) in [6.07, 6.45) is -2.36. The fourth-order valence-electron chi connectivity index (χ4n) is 1.66. The Morgan fingerprint density at radius 2 is 1.95 bits per heavy atom. The highest BCUT2D eigenvalue weighted by Crippen LogP contribution is 2.27. The van der Waals surface area contributed by atoms with Gasteiger partial charge in [-0.25, -0.2) is 9.18 Å². The van der Waals surface area contributed by atoms with E-state index in [1.165, 1.54) is 25.3 Å². The van der Waals surface area contributed by atoms with Gasteiger partial charge in [0.05, 0.1) is 12.8 Å². The van der Waals surface area contributed by atoms with Crippen molar-refractivity contribution in [2.45, 2.75) is 6.18 Å². The number of methoxy groups -OCH3 is 1. The van der Waals surface area contributed by atoms with Crippen LogP contribution in [0.25, 0.3) is 12.2 Å². The molecule has 4 nitrogen and oxygen atoms in total. The molecule has 116 valence electrons. The van der Waals surface area contributed by atoms with Crippen LogP contribution in [0.3, 0.4) is 0 Å². The molecule has 0 unspecified atom stereocenters. The number of halogens is 4. The minimum absolute atomic E-state index is 0.122. The van der Waals surface area contributed by atoms with E-state index in [1.807, 2.05) is 0 Å². The van der Waals surface area contributed by atoms with Gasteiger partial charge < -0.3 is 9.72 Å². The van der Waals surface area contributed by atoms with Gasteiger partial charge in [-0.2, -0.15) is 18.2 Å². The molecule has 0 aliphatic carbocycles. The highest BCUT2D eigenvalue weighted by molar-refractivity contribution is 5.68. The van der Waals surface area contributed by atoms with E-state index in [4.69, 9.17) is 4.74 Å². The van der Waals surface area contributed by atoms with Gasteiger partial charge in [0, 0.05) is 11.6 Å². The number of ether oxygens (including phenoxy) is 1. The van der Waals surface area contributed by atoms with Gasteiger partial charge in [-0.05, 0) is 30.4 Å². The van der Waals surface area contributed by atoms with E-state index in [1.54, 1.807) is 4.98 Å².